The van der Waals surface area contributed by atoms with Gasteiger partial charge in [-0.3, -0.25) is 18.7 Å². The Hall–Kier alpha value is -9.04. The van der Waals surface area contributed by atoms with E-state index in [4.69, 9.17) is 10.3 Å². The Labute approximate surface area is 428 Å². The van der Waals surface area contributed by atoms with E-state index in [0.29, 0.717) is 0 Å². The molecule has 32 nitrogen and oxygen atoms in total. The Bertz CT molecular complexity index is 3520. The van der Waals surface area contributed by atoms with Crippen LogP contribution in [0.2, 0.25) is 0 Å². The molecule has 0 spiro atoms. The van der Waals surface area contributed by atoms with Crippen molar-refractivity contribution in [2.45, 2.75) is 44.5 Å². The molecule has 0 aliphatic carbocycles. The van der Waals surface area contributed by atoms with Gasteiger partial charge in [-0.25, -0.2) is 36.7 Å². The molecule has 2 heterocycles. The third-order valence-electron chi connectivity index (χ3n) is 9.65. The van der Waals surface area contributed by atoms with Crippen LogP contribution in [-0.4, -0.2) is 129 Å². The molecule has 2 unspecified atom stereocenters. The average Bonchev–Trinajstić information content (AvgIpc) is 3.29. The third-order valence-corrected chi connectivity index (χ3v) is 13.3. The normalized spacial score (nSPS) is 12.7. The Kier molecular flexibility index (Phi) is 16.7. The van der Waals surface area contributed by atoms with Gasteiger partial charge in [0.2, 0.25) is 55.7 Å². The third kappa shape index (κ3) is 15.7. The van der Waals surface area contributed by atoms with Crippen LogP contribution in [0, 0.1) is 0 Å². The molecule has 2 aromatic heterocycles. The molecule has 0 saturated carbocycles. The molecule has 76 heavy (non-hydrogen) atoms. The molecule has 0 amide bonds. The van der Waals surface area contributed by atoms with Crippen LogP contribution < -0.4 is 42.2 Å². The van der Waals surface area contributed by atoms with E-state index < -0.39 is 123 Å². The molecular weight excluding hydrogens is 1090 g/mol. The maximum atomic E-state index is 12.8. The number of carbonyl (C=O) groups is 4. The first kappa shape index (κ1) is 56.3. The van der Waals surface area contributed by atoms with Crippen LogP contribution in [0.5, 0.6) is 0 Å². The van der Waals surface area contributed by atoms with Crippen molar-refractivity contribution in [1.29, 1.82) is 0 Å². The second-order valence-electron chi connectivity index (χ2n) is 15.3. The number of aromatic nitrogens is 6. The number of hydrogen-bond acceptors (Lipinski definition) is 24. The summed E-state index contributed by atoms with van der Waals surface area (Å²) in [6.07, 6.45) is 0.201. The van der Waals surface area contributed by atoms with E-state index in [-0.39, 0.29) is 55.6 Å². The van der Waals surface area contributed by atoms with Gasteiger partial charge in [0.25, 0.3) is 20.2 Å². The van der Waals surface area contributed by atoms with E-state index in [2.05, 4.69) is 61.8 Å². The van der Waals surface area contributed by atoms with Crippen molar-refractivity contribution in [2.24, 2.45) is 10.3 Å². The van der Waals surface area contributed by atoms with E-state index in [1.54, 1.807) is 0 Å². The predicted molar refractivity (Wildman–Crippen MR) is 264 cm³/mol. The molecule has 2 atom stereocenters. The summed E-state index contributed by atoms with van der Waals surface area (Å²) in [5, 5.41) is 63.4. The van der Waals surface area contributed by atoms with Crippen LogP contribution in [0.1, 0.15) is 24.0 Å². The summed E-state index contributed by atoms with van der Waals surface area (Å²) in [7, 11) is -18.4. The zero-order chi connectivity index (χ0) is 55.9. The molecule has 0 aliphatic heterocycles. The molecule has 6 aromatic rings. The molecule has 400 valence electrons. The maximum Gasteiger partial charge on any atom is 0.326 e. The molecule has 16 N–H and O–H groups in total. The van der Waals surface area contributed by atoms with Crippen molar-refractivity contribution < 1.29 is 82.4 Å². The summed E-state index contributed by atoms with van der Waals surface area (Å²) in [5.74, 6) is -8.85. The minimum Gasteiger partial charge on any atom is -0.481 e. The number of primary sulfonamides is 2. The molecule has 6 rings (SSSR count). The smallest absolute Gasteiger partial charge is 0.326 e. The van der Waals surface area contributed by atoms with Gasteiger partial charge in [-0.1, -0.05) is 24.3 Å². The highest BCUT2D eigenvalue weighted by atomic mass is 32.2. The van der Waals surface area contributed by atoms with Crippen LogP contribution in [0.25, 0.3) is 12.2 Å². The number of carboxylic acid groups (broad SMARTS) is 4. The SMILES string of the molecule is NS(=O)(=O)c1ccc(Nc2nc(Nc3ccc(/C=C/c4ccc(Nc5nc(Nc6ccc(S(N)(=O)=O)cc6)nc(NC(CC(=O)O)C(=O)O)n5)cc4S(=O)(=O)O)c(S(=O)(=O)O)c3)nc(NC(CC(=O)O)C(=O)O)n2)cc1. The first-order chi connectivity index (χ1) is 35.4. The summed E-state index contributed by atoms with van der Waals surface area (Å²) in [5.41, 5.74) is -0.528. The maximum absolute atomic E-state index is 12.8. The molecule has 0 fully saturated rings. The fraction of sp³-hybridized carbons (Fsp3) is 0.100. The number of nitrogens with one attached hydrogen (secondary N) is 6. The summed E-state index contributed by atoms with van der Waals surface area (Å²) < 4.78 is 119. The molecule has 4 aromatic carbocycles. The van der Waals surface area contributed by atoms with Gasteiger partial charge in [0, 0.05) is 22.7 Å². The first-order valence-electron chi connectivity index (χ1n) is 20.6. The van der Waals surface area contributed by atoms with Crippen LogP contribution >= 0.6 is 0 Å². The van der Waals surface area contributed by atoms with E-state index in [9.17, 15) is 82.4 Å². The van der Waals surface area contributed by atoms with E-state index in [0.717, 1.165) is 60.7 Å². The van der Waals surface area contributed by atoms with Crippen molar-refractivity contribution in [3.63, 3.8) is 0 Å². The van der Waals surface area contributed by atoms with Crippen molar-refractivity contribution in [1.82, 2.24) is 29.9 Å². The van der Waals surface area contributed by atoms with Gasteiger partial charge in [-0.15, -0.1) is 0 Å². The van der Waals surface area contributed by atoms with Crippen molar-refractivity contribution >= 4 is 135 Å². The number of nitrogens with zero attached hydrogens (tertiary/aromatic N) is 6. The Morgan fingerprint density at radius 3 is 0.987 bits per heavy atom. The highest BCUT2D eigenvalue weighted by molar-refractivity contribution is 7.89. The lowest BCUT2D eigenvalue weighted by molar-refractivity contribution is -0.144. The molecule has 0 saturated heterocycles. The molecule has 0 bridgehead atoms. The van der Waals surface area contributed by atoms with Gasteiger partial charge in [0.05, 0.1) is 22.6 Å². The average molecular weight is 1130 g/mol. The summed E-state index contributed by atoms with van der Waals surface area (Å²) in [6.45, 7) is 0. The zero-order valence-electron chi connectivity index (χ0n) is 37.9. The van der Waals surface area contributed by atoms with E-state index in [1.165, 1.54) is 36.4 Å². The second-order valence-corrected chi connectivity index (χ2v) is 21.2. The fourth-order valence-corrected chi connectivity index (χ4v) is 8.71. The van der Waals surface area contributed by atoms with E-state index in [1.807, 2.05) is 0 Å². The lowest BCUT2D eigenvalue weighted by Crippen LogP contribution is -2.32. The van der Waals surface area contributed by atoms with Crippen LogP contribution in [0.3, 0.4) is 0 Å². The molecular formula is C40H38N14O18S4. The molecule has 0 radical (unpaired) electrons. The van der Waals surface area contributed by atoms with Crippen LogP contribution in [0.15, 0.2) is 105 Å². The number of aliphatic carboxylic acids is 4. The number of sulfonamides is 2. The molecule has 36 heteroatoms. The second kappa shape index (κ2) is 22.6. The van der Waals surface area contributed by atoms with Gasteiger partial charge in [-0.2, -0.15) is 46.7 Å². The standard InChI is InChI=1S/C40H38N14O18S4/c41-73(63,64)25-11-7-21(8-12-25)43-35-49-37(53-39(51-35)47-27(33(59)60)17-31(55)56)45-23-5-3-19(29(15-23)75(67,68)69)1-2-20-4-6-24(16-30(20)76(70,71)72)46-38-50-36(44-22-9-13-26(14-10-22)74(42,65)66)52-40(54-38)48-28(34(61)62)18-32(57)58/h1-16,27-28H,17-18H2,(H,55,56)(H,57,58)(H,59,60)(H,61,62)(H2,41,63,64)(H2,42,65,66)(H,67,68,69)(H,70,71,72)(H3,43,45,47,49,51,53)(H3,44,46,48,50,52,54)/b2-1+. The summed E-state index contributed by atoms with van der Waals surface area (Å²) in [6, 6.07) is 12.5. The lowest BCUT2D eigenvalue weighted by Gasteiger charge is -2.15. The van der Waals surface area contributed by atoms with Gasteiger partial charge in [0.15, 0.2) is 0 Å². The predicted octanol–water partition coefficient (Wildman–Crippen LogP) is 1.67. The number of carboxylic acids is 4. The van der Waals surface area contributed by atoms with Crippen molar-refractivity contribution in [3.8, 4) is 0 Å². The number of anilines is 10. The summed E-state index contributed by atoms with van der Waals surface area (Å²) in [4.78, 5) is 68.8. The lowest BCUT2D eigenvalue weighted by atomic mass is 10.1. The summed E-state index contributed by atoms with van der Waals surface area (Å²) >= 11 is 0. The van der Waals surface area contributed by atoms with Crippen molar-refractivity contribution in [2.75, 3.05) is 31.9 Å². The molecule has 0 aliphatic rings. The topological polar surface area (TPSA) is 528 Å². The van der Waals surface area contributed by atoms with Gasteiger partial charge in [-0.05, 0) is 83.9 Å². The number of benzene rings is 4. The Morgan fingerprint density at radius 2 is 0.724 bits per heavy atom. The number of hydrogen-bond donors (Lipinski definition) is 14. The monoisotopic (exact) mass is 1130 g/mol. The Morgan fingerprint density at radius 1 is 0.447 bits per heavy atom. The Balaban J connectivity index is 1.32. The zero-order valence-corrected chi connectivity index (χ0v) is 41.1. The highest BCUT2D eigenvalue weighted by Gasteiger charge is 2.25. The minimum absolute atomic E-state index is 0.157. The quantitative estimate of drug-likeness (QED) is 0.0303. The van der Waals surface area contributed by atoms with Crippen LogP contribution in [0.4, 0.5) is 58.4 Å². The number of nitrogens with two attached hydrogens (primary N) is 2. The van der Waals surface area contributed by atoms with Gasteiger partial charge in [0.1, 0.15) is 21.9 Å². The van der Waals surface area contributed by atoms with Crippen LogP contribution in [-0.2, 0) is 59.5 Å². The van der Waals surface area contributed by atoms with Crippen molar-refractivity contribution in [3.05, 3.63) is 96.1 Å². The van der Waals surface area contributed by atoms with E-state index >= 15 is 0 Å². The van der Waals surface area contributed by atoms with Gasteiger partial charge >= 0.3 is 23.9 Å². The first-order valence-corrected chi connectivity index (χ1v) is 26.6. The highest BCUT2D eigenvalue weighted by Crippen LogP contribution is 2.29. The number of rotatable bonds is 24. The minimum atomic E-state index is -5.13. The fourth-order valence-electron chi connectivity index (χ4n) is 6.26. The van der Waals surface area contributed by atoms with Gasteiger partial charge < -0.3 is 52.3 Å². The largest absolute Gasteiger partial charge is 0.481 e.